The first-order chi connectivity index (χ1) is 7.96. The maximum absolute atomic E-state index is 11.5. The topological polar surface area (TPSA) is 78.9 Å². The number of rotatable bonds is 6. The van der Waals surface area contributed by atoms with Crippen molar-refractivity contribution in [3.8, 4) is 0 Å². The molecule has 0 aliphatic heterocycles. The maximum atomic E-state index is 11.5. The quantitative estimate of drug-likeness (QED) is 0.502. The van der Waals surface area contributed by atoms with Crippen LogP contribution in [0.5, 0.6) is 0 Å². The van der Waals surface area contributed by atoms with Crippen LogP contribution in [0.4, 0.5) is 0 Å². The van der Waals surface area contributed by atoms with E-state index < -0.39 is 23.8 Å². The summed E-state index contributed by atoms with van der Waals surface area (Å²) in [6.45, 7) is 1.68. The summed E-state index contributed by atoms with van der Waals surface area (Å²) in [4.78, 5) is 33.8. The summed E-state index contributed by atoms with van der Waals surface area (Å²) in [5, 5.41) is 0. The van der Waals surface area contributed by atoms with Gasteiger partial charge in [0.25, 0.3) is 0 Å². The number of hydrogen-bond donors (Lipinski definition) is 0. The highest BCUT2D eigenvalue weighted by Crippen LogP contribution is 2.21. The van der Waals surface area contributed by atoms with Crippen molar-refractivity contribution in [2.75, 3.05) is 21.3 Å². The lowest BCUT2D eigenvalue weighted by Crippen LogP contribution is -2.28. The first-order valence-electron chi connectivity index (χ1n) is 5.17. The normalized spacial score (nSPS) is 13.4. The molecule has 0 aliphatic rings. The van der Waals surface area contributed by atoms with E-state index in [1.807, 2.05) is 0 Å². The molecule has 6 heteroatoms. The van der Waals surface area contributed by atoms with Crippen molar-refractivity contribution in [3.63, 3.8) is 0 Å². The van der Waals surface area contributed by atoms with Gasteiger partial charge in [-0.1, -0.05) is 6.92 Å². The van der Waals surface area contributed by atoms with Crippen LogP contribution in [0.2, 0.25) is 0 Å². The Balaban J connectivity index is 4.61. The van der Waals surface area contributed by atoms with Gasteiger partial charge < -0.3 is 14.2 Å². The fourth-order valence-corrected chi connectivity index (χ4v) is 1.42. The van der Waals surface area contributed by atoms with E-state index >= 15 is 0 Å². The minimum atomic E-state index is -0.702. The molecular weight excluding hydrogens is 228 g/mol. The monoisotopic (exact) mass is 246 g/mol. The Kier molecular flexibility index (Phi) is 6.93. The number of carbonyl (C=O) groups excluding carboxylic acids is 3. The van der Waals surface area contributed by atoms with Crippen LogP contribution in [-0.4, -0.2) is 39.2 Å². The van der Waals surface area contributed by atoms with Crippen LogP contribution in [-0.2, 0) is 28.6 Å². The second-order valence-electron chi connectivity index (χ2n) is 3.67. The van der Waals surface area contributed by atoms with Crippen LogP contribution in [0.3, 0.4) is 0 Å². The summed E-state index contributed by atoms with van der Waals surface area (Å²) in [5.74, 6) is -2.54. The standard InChI is InChI=1S/C11H18O6/c1-7(5-9(12)15-2)8(11(14)17-4)6-10(13)16-3/h7-8H,5-6H2,1-4H3. The molecule has 6 nitrogen and oxygen atoms in total. The predicted molar refractivity (Wildman–Crippen MR) is 57.9 cm³/mol. The predicted octanol–water partition coefficient (Wildman–Crippen LogP) is 0.538. The van der Waals surface area contributed by atoms with E-state index in [9.17, 15) is 14.4 Å². The van der Waals surface area contributed by atoms with Crippen molar-refractivity contribution in [3.05, 3.63) is 0 Å². The molecule has 0 bridgehead atoms. The van der Waals surface area contributed by atoms with E-state index in [0.717, 1.165) is 0 Å². The summed E-state index contributed by atoms with van der Waals surface area (Å²) < 4.78 is 13.6. The number of ether oxygens (including phenoxy) is 3. The summed E-state index contributed by atoms with van der Waals surface area (Å²) in [6, 6.07) is 0. The third-order valence-corrected chi connectivity index (χ3v) is 2.52. The highest BCUT2D eigenvalue weighted by atomic mass is 16.5. The minimum Gasteiger partial charge on any atom is -0.469 e. The van der Waals surface area contributed by atoms with Gasteiger partial charge in [0.15, 0.2) is 0 Å². The van der Waals surface area contributed by atoms with Gasteiger partial charge in [-0.15, -0.1) is 0 Å². The molecule has 0 radical (unpaired) electrons. The summed E-state index contributed by atoms with van der Waals surface area (Å²) in [7, 11) is 3.74. The van der Waals surface area contributed by atoms with Crippen LogP contribution in [0, 0.1) is 11.8 Å². The Hall–Kier alpha value is -1.59. The summed E-state index contributed by atoms with van der Waals surface area (Å²) in [5.41, 5.74) is 0. The maximum Gasteiger partial charge on any atom is 0.309 e. The fourth-order valence-electron chi connectivity index (χ4n) is 1.42. The molecule has 0 amide bonds. The van der Waals surface area contributed by atoms with Crippen molar-refractivity contribution in [1.29, 1.82) is 0 Å². The molecule has 0 aromatic heterocycles. The van der Waals surface area contributed by atoms with Gasteiger partial charge in [0.1, 0.15) is 0 Å². The van der Waals surface area contributed by atoms with Gasteiger partial charge in [-0.2, -0.15) is 0 Å². The number of hydrogen-bond acceptors (Lipinski definition) is 6. The zero-order chi connectivity index (χ0) is 13.4. The molecule has 0 spiro atoms. The Morgan fingerprint density at radius 3 is 1.76 bits per heavy atom. The molecular formula is C11H18O6. The Morgan fingerprint density at radius 1 is 0.882 bits per heavy atom. The van der Waals surface area contributed by atoms with Crippen LogP contribution < -0.4 is 0 Å². The molecule has 98 valence electrons. The SMILES string of the molecule is COC(=O)CC(C)C(CC(=O)OC)C(=O)OC. The van der Waals surface area contributed by atoms with Crippen molar-refractivity contribution < 1.29 is 28.6 Å². The van der Waals surface area contributed by atoms with E-state index in [1.54, 1.807) is 6.92 Å². The summed E-state index contributed by atoms with van der Waals surface area (Å²) >= 11 is 0. The van der Waals surface area contributed by atoms with E-state index in [-0.39, 0.29) is 18.8 Å². The van der Waals surface area contributed by atoms with Gasteiger partial charge in [-0.05, 0) is 5.92 Å². The molecule has 0 fully saturated rings. The van der Waals surface area contributed by atoms with Crippen molar-refractivity contribution in [1.82, 2.24) is 0 Å². The largest absolute Gasteiger partial charge is 0.469 e. The molecule has 0 rings (SSSR count). The molecule has 0 aliphatic carbocycles. The molecule has 17 heavy (non-hydrogen) atoms. The fraction of sp³-hybridized carbons (Fsp3) is 0.727. The average molecular weight is 246 g/mol. The van der Waals surface area contributed by atoms with Gasteiger partial charge in [-0.25, -0.2) is 0 Å². The Labute approximate surface area is 100 Å². The molecule has 0 N–H and O–H groups in total. The number of esters is 3. The molecule has 0 aromatic carbocycles. The zero-order valence-electron chi connectivity index (χ0n) is 10.5. The minimum absolute atomic E-state index is 0.0489. The number of methoxy groups -OCH3 is 3. The highest BCUT2D eigenvalue weighted by molar-refractivity contribution is 5.81. The van der Waals surface area contributed by atoms with Crippen LogP contribution in [0.25, 0.3) is 0 Å². The van der Waals surface area contributed by atoms with E-state index in [4.69, 9.17) is 0 Å². The van der Waals surface area contributed by atoms with E-state index in [0.29, 0.717) is 0 Å². The van der Waals surface area contributed by atoms with Crippen LogP contribution in [0.1, 0.15) is 19.8 Å². The highest BCUT2D eigenvalue weighted by Gasteiger charge is 2.30. The molecule has 0 saturated carbocycles. The average Bonchev–Trinajstić information content (AvgIpc) is 2.33. The van der Waals surface area contributed by atoms with Gasteiger partial charge >= 0.3 is 17.9 Å². The molecule has 2 atom stereocenters. The van der Waals surface area contributed by atoms with Gasteiger partial charge in [0.05, 0.1) is 33.7 Å². The second kappa shape index (κ2) is 7.65. The smallest absolute Gasteiger partial charge is 0.309 e. The third kappa shape index (κ3) is 5.33. The Bertz CT molecular complexity index is 286. The lowest BCUT2D eigenvalue weighted by atomic mass is 9.88. The Morgan fingerprint density at radius 2 is 1.35 bits per heavy atom. The van der Waals surface area contributed by atoms with Crippen molar-refractivity contribution in [2.45, 2.75) is 19.8 Å². The molecule has 0 heterocycles. The van der Waals surface area contributed by atoms with Crippen molar-refractivity contribution in [2.24, 2.45) is 11.8 Å². The molecule has 2 unspecified atom stereocenters. The van der Waals surface area contributed by atoms with Crippen LogP contribution in [0.15, 0.2) is 0 Å². The van der Waals surface area contributed by atoms with Gasteiger partial charge in [-0.3, -0.25) is 14.4 Å². The van der Waals surface area contributed by atoms with E-state index in [1.165, 1.54) is 21.3 Å². The second-order valence-corrected chi connectivity index (χ2v) is 3.67. The third-order valence-electron chi connectivity index (χ3n) is 2.52. The van der Waals surface area contributed by atoms with E-state index in [2.05, 4.69) is 14.2 Å². The van der Waals surface area contributed by atoms with Gasteiger partial charge in [0.2, 0.25) is 0 Å². The molecule has 0 aromatic rings. The lowest BCUT2D eigenvalue weighted by Gasteiger charge is -2.19. The number of carbonyl (C=O) groups is 3. The van der Waals surface area contributed by atoms with Gasteiger partial charge in [0, 0.05) is 6.42 Å². The van der Waals surface area contributed by atoms with Crippen LogP contribution >= 0.6 is 0 Å². The van der Waals surface area contributed by atoms with Crippen molar-refractivity contribution >= 4 is 17.9 Å². The first-order valence-corrected chi connectivity index (χ1v) is 5.17. The first kappa shape index (κ1) is 15.4. The summed E-state index contributed by atoms with van der Waals surface area (Å²) in [6.07, 6.45) is -0.0609. The lowest BCUT2D eigenvalue weighted by molar-refractivity contribution is -0.155. The zero-order valence-corrected chi connectivity index (χ0v) is 10.5. The molecule has 0 saturated heterocycles.